The van der Waals surface area contributed by atoms with E-state index in [1.165, 1.54) is 6.07 Å². The van der Waals surface area contributed by atoms with Crippen LogP contribution in [-0.2, 0) is 12.7 Å². The number of hydrogen-bond acceptors (Lipinski definition) is 2. The fraction of sp³-hybridized carbons (Fsp3) is 0.333. The Kier molecular flexibility index (Phi) is 1.92. The molecule has 1 aromatic rings. The summed E-state index contributed by atoms with van der Waals surface area (Å²) >= 11 is 0. The smallest absolute Gasteiger partial charge is 0.318 e. The summed E-state index contributed by atoms with van der Waals surface area (Å²) in [7, 11) is 1.78. The van der Waals surface area contributed by atoms with Crippen molar-refractivity contribution in [3.63, 3.8) is 0 Å². The minimum Gasteiger partial charge on any atom is -0.318 e. The predicted molar refractivity (Wildman–Crippen MR) is 46.5 cm³/mol. The summed E-state index contributed by atoms with van der Waals surface area (Å²) in [6.07, 6.45) is -4.27. The molecule has 0 fully saturated rings. The third kappa shape index (κ3) is 1.55. The van der Waals surface area contributed by atoms with E-state index in [9.17, 15) is 13.2 Å². The highest BCUT2D eigenvalue weighted by atomic mass is 19.4. The molecule has 5 heteroatoms. The third-order valence-electron chi connectivity index (χ3n) is 2.16. The predicted octanol–water partition coefficient (Wildman–Crippen LogP) is 2.48. The van der Waals surface area contributed by atoms with E-state index in [0.29, 0.717) is 12.2 Å². The van der Waals surface area contributed by atoms with Crippen LogP contribution in [0.25, 0.3) is 0 Å². The van der Waals surface area contributed by atoms with Crippen molar-refractivity contribution in [1.82, 2.24) is 5.01 Å². The van der Waals surface area contributed by atoms with Crippen molar-refractivity contribution in [2.45, 2.75) is 12.7 Å². The lowest BCUT2D eigenvalue weighted by Gasteiger charge is -2.09. The lowest BCUT2D eigenvalue weighted by atomic mass is 10.1. The molecule has 0 unspecified atom stereocenters. The molecule has 0 radical (unpaired) electrons. The van der Waals surface area contributed by atoms with Gasteiger partial charge in [-0.2, -0.15) is 13.2 Å². The van der Waals surface area contributed by atoms with Gasteiger partial charge in [0.15, 0.2) is 0 Å². The molecular formula is C9H9F3N2. The van der Waals surface area contributed by atoms with Gasteiger partial charge in [0.05, 0.1) is 11.3 Å². The van der Waals surface area contributed by atoms with Gasteiger partial charge >= 0.3 is 6.18 Å². The number of benzene rings is 1. The van der Waals surface area contributed by atoms with Crippen LogP contribution < -0.4 is 5.43 Å². The van der Waals surface area contributed by atoms with Gasteiger partial charge in [0, 0.05) is 13.6 Å². The SMILES string of the molecule is CN1Cc2ccc(C(F)(F)F)cc2N1. The van der Waals surface area contributed by atoms with Gasteiger partial charge in [0.25, 0.3) is 0 Å². The van der Waals surface area contributed by atoms with Crippen LogP contribution >= 0.6 is 0 Å². The van der Waals surface area contributed by atoms with Crippen LogP contribution in [0.1, 0.15) is 11.1 Å². The second-order valence-corrected chi connectivity index (χ2v) is 3.34. The highest BCUT2D eigenvalue weighted by Gasteiger charge is 2.31. The van der Waals surface area contributed by atoms with Crippen molar-refractivity contribution in [2.24, 2.45) is 0 Å². The molecule has 2 rings (SSSR count). The largest absolute Gasteiger partial charge is 0.416 e. The number of nitrogens with zero attached hydrogens (tertiary/aromatic N) is 1. The summed E-state index contributed by atoms with van der Waals surface area (Å²) in [6.45, 7) is 0.632. The van der Waals surface area contributed by atoms with E-state index in [2.05, 4.69) is 5.43 Å². The zero-order valence-electron chi connectivity index (χ0n) is 7.52. The average molecular weight is 202 g/mol. The Balaban J connectivity index is 2.38. The van der Waals surface area contributed by atoms with Crippen LogP contribution in [0.15, 0.2) is 18.2 Å². The van der Waals surface area contributed by atoms with E-state index in [1.54, 1.807) is 12.1 Å². The van der Waals surface area contributed by atoms with Crippen molar-refractivity contribution < 1.29 is 13.2 Å². The number of nitrogens with one attached hydrogen (secondary N) is 1. The first kappa shape index (κ1) is 9.33. The van der Waals surface area contributed by atoms with Crippen LogP contribution in [0.2, 0.25) is 0 Å². The van der Waals surface area contributed by atoms with Gasteiger partial charge in [-0.3, -0.25) is 0 Å². The number of rotatable bonds is 0. The number of alkyl halides is 3. The molecule has 0 aliphatic carbocycles. The molecule has 1 aromatic carbocycles. The first-order valence-electron chi connectivity index (χ1n) is 4.15. The monoisotopic (exact) mass is 202 g/mol. The lowest BCUT2D eigenvalue weighted by molar-refractivity contribution is -0.137. The van der Waals surface area contributed by atoms with E-state index in [1.807, 2.05) is 0 Å². The van der Waals surface area contributed by atoms with Gasteiger partial charge in [-0.25, -0.2) is 5.01 Å². The fourth-order valence-electron chi connectivity index (χ4n) is 1.50. The summed E-state index contributed by atoms with van der Waals surface area (Å²) < 4.78 is 36.9. The number of hydrazine groups is 1. The first-order valence-corrected chi connectivity index (χ1v) is 4.15. The van der Waals surface area contributed by atoms with Crippen LogP contribution in [0, 0.1) is 0 Å². The summed E-state index contributed by atoms with van der Waals surface area (Å²) in [5, 5.41) is 1.74. The second-order valence-electron chi connectivity index (χ2n) is 3.34. The third-order valence-corrected chi connectivity index (χ3v) is 2.16. The molecule has 0 amide bonds. The Morgan fingerprint density at radius 1 is 1.36 bits per heavy atom. The number of anilines is 1. The Labute approximate surface area is 79.3 Å². The molecule has 0 bridgehead atoms. The Morgan fingerprint density at radius 2 is 2.07 bits per heavy atom. The van der Waals surface area contributed by atoms with Gasteiger partial charge in [0.2, 0.25) is 0 Å². The van der Waals surface area contributed by atoms with Crippen LogP contribution in [0.5, 0.6) is 0 Å². The molecule has 76 valence electrons. The van der Waals surface area contributed by atoms with E-state index in [-0.39, 0.29) is 0 Å². The molecule has 1 aliphatic rings. The Bertz CT molecular complexity index is 360. The molecule has 0 spiro atoms. The lowest BCUT2D eigenvalue weighted by Crippen LogP contribution is -2.16. The quantitative estimate of drug-likeness (QED) is 0.695. The standard InChI is InChI=1S/C9H9F3N2/c1-14-5-6-2-3-7(9(10,11)12)4-8(6)13-14/h2-4,13H,5H2,1H3. The van der Waals surface area contributed by atoms with Crippen molar-refractivity contribution in [1.29, 1.82) is 0 Å². The van der Waals surface area contributed by atoms with Crippen LogP contribution in [-0.4, -0.2) is 12.1 Å². The van der Waals surface area contributed by atoms with Crippen molar-refractivity contribution in [3.8, 4) is 0 Å². The zero-order valence-corrected chi connectivity index (χ0v) is 7.52. The maximum absolute atomic E-state index is 12.3. The molecule has 0 saturated carbocycles. The van der Waals surface area contributed by atoms with Gasteiger partial charge in [-0.15, -0.1) is 0 Å². The van der Waals surface area contributed by atoms with Crippen molar-refractivity contribution >= 4 is 5.69 Å². The molecule has 1 N–H and O–H groups in total. The molecule has 14 heavy (non-hydrogen) atoms. The summed E-state index contributed by atoms with van der Waals surface area (Å²) in [6, 6.07) is 3.76. The molecule has 0 atom stereocenters. The molecule has 2 nitrogen and oxygen atoms in total. The molecular weight excluding hydrogens is 193 g/mol. The molecule has 1 aliphatic heterocycles. The van der Waals surface area contributed by atoms with Gasteiger partial charge in [-0.05, 0) is 17.7 Å². The van der Waals surface area contributed by atoms with E-state index >= 15 is 0 Å². The Hall–Kier alpha value is -1.23. The summed E-state index contributed by atoms with van der Waals surface area (Å²) in [4.78, 5) is 0. The molecule has 1 heterocycles. The van der Waals surface area contributed by atoms with E-state index in [0.717, 1.165) is 17.7 Å². The topological polar surface area (TPSA) is 15.3 Å². The highest BCUT2D eigenvalue weighted by molar-refractivity contribution is 5.55. The minimum atomic E-state index is -4.27. The summed E-state index contributed by atoms with van der Waals surface area (Å²) in [5.74, 6) is 0. The zero-order chi connectivity index (χ0) is 10.3. The van der Waals surface area contributed by atoms with E-state index < -0.39 is 11.7 Å². The number of hydrogen-bond donors (Lipinski definition) is 1. The maximum Gasteiger partial charge on any atom is 0.416 e. The minimum absolute atomic E-state index is 0.544. The van der Waals surface area contributed by atoms with Crippen molar-refractivity contribution in [2.75, 3.05) is 12.5 Å². The normalized spacial score (nSPS) is 16.6. The van der Waals surface area contributed by atoms with Gasteiger partial charge in [-0.1, -0.05) is 6.07 Å². The fourth-order valence-corrected chi connectivity index (χ4v) is 1.50. The number of fused-ring (bicyclic) bond motifs is 1. The van der Waals surface area contributed by atoms with E-state index in [4.69, 9.17) is 0 Å². The van der Waals surface area contributed by atoms with Gasteiger partial charge < -0.3 is 5.43 Å². The highest BCUT2D eigenvalue weighted by Crippen LogP contribution is 2.34. The van der Waals surface area contributed by atoms with Crippen LogP contribution in [0.3, 0.4) is 0 Å². The Morgan fingerprint density at radius 3 is 2.71 bits per heavy atom. The molecule has 0 saturated heterocycles. The maximum atomic E-state index is 12.3. The van der Waals surface area contributed by atoms with Crippen molar-refractivity contribution in [3.05, 3.63) is 29.3 Å². The molecule has 0 aromatic heterocycles. The van der Waals surface area contributed by atoms with Gasteiger partial charge in [0.1, 0.15) is 0 Å². The second kappa shape index (κ2) is 2.88. The first-order chi connectivity index (χ1) is 6.47. The number of halogens is 3. The summed E-state index contributed by atoms with van der Waals surface area (Å²) in [5.41, 5.74) is 3.66. The van der Waals surface area contributed by atoms with Crippen LogP contribution in [0.4, 0.5) is 18.9 Å². The average Bonchev–Trinajstić information content (AvgIpc) is 2.41.